The molecule has 3 unspecified atom stereocenters. The maximum atomic E-state index is 11.1. The first-order valence-corrected chi connectivity index (χ1v) is 6.27. The molecular weight excluding hydrogens is 188 g/mol. The highest BCUT2D eigenvalue weighted by Gasteiger charge is 2.24. The Bertz CT molecular complexity index is 230. The van der Waals surface area contributed by atoms with Gasteiger partial charge in [-0.3, -0.25) is 4.79 Å². The lowest BCUT2D eigenvalue weighted by molar-refractivity contribution is -0.119. The van der Waals surface area contributed by atoms with Gasteiger partial charge in [-0.1, -0.05) is 19.8 Å². The summed E-state index contributed by atoms with van der Waals surface area (Å²) in [5.74, 6) is 1.09. The van der Waals surface area contributed by atoms with Crippen molar-refractivity contribution < 1.29 is 4.79 Å². The van der Waals surface area contributed by atoms with Crippen molar-refractivity contribution in [3.8, 4) is 0 Å². The van der Waals surface area contributed by atoms with Gasteiger partial charge in [0, 0.05) is 25.0 Å². The van der Waals surface area contributed by atoms with Crippen LogP contribution < -0.4 is 10.6 Å². The zero-order valence-electron chi connectivity index (χ0n) is 9.59. The third-order valence-electron chi connectivity index (χ3n) is 3.71. The number of nitrogens with one attached hydrogen (secondary N) is 2. The van der Waals surface area contributed by atoms with E-state index < -0.39 is 0 Å². The Morgan fingerprint density at radius 2 is 2.07 bits per heavy atom. The van der Waals surface area contributed by atoms with Crippen LogP contribution in [0.4, 0.5) is 0 Å². The van der Waals surface area contributed by atoms with Crippen molar-refractivity contribution in [1.82, 2.24) is 10.6 Å². The smallest absolute Gasteiger partial charge is 0.221 e. The van der Waals surface area contributed by atoms with Crippen LogP contribution in [-0.4, -0.2) is 24.5 Å². The standard InChI is InChI=1S/C12H22N2O/c1-9-3-2-4-10(6-5-9)14-11-7-12(15)13-8-11/h9-11,14H,2-8H2,1H3,(H,13,15). The Morgan fingerprint density at radius 3 is 2.80 bits per heavy atom. The summed E-state index contributed by atoms with van der Waals surface area (Å²) in [4.78, 5) is 11.1. The van der Waals surface area contributed by atoms with Gasteiger partial charge < -0.3 is 10.6 Å². The van der Waals surface area contributed by atoms with Crippen molar-refractivity contribution in [3.05, 3.63) is 0 Å². The minimum atomic E-state index is 0.203. The molecule has 2 aliphatic rings. The van der Waals surface area contributed by atoms with E-state index in [1.807, 2.05) is 0 Å². The van der Waals surface area contributed by atoms with Gasteiger partial charge in [0.25, 0.3) is 0 Å². The van der Waals surface area contributed by atoms with E-state index in [4.69, 9.17) is 0 Å². The third-order valence-corrected chi connectivity index (χ3v) is 3.71. The molecule has 1 amide bonds. The Balaban J connectivity index is 1.76. The Labute approximate surface area is 92.0 Å². The third kappa shape index (κ3) is 3.20. The Kier molecular flexibility index (Phi) is 3.62. The summed E-state index contributed by atoms with van der Waals surface area (Å²) in [6.45, 7) is 3.17. The lowest BCUT2D eigenvalue weighted by Gasteiger charge is -2.20. The molecule has 0 aromatic carbocycles. The van der Waals surface area contributed by atoms with Crippen LogP contribution >= 0.6 is 0 Å². The van der Waals surface area contributed by atoms with Gasteiger partial charge in [0.05, 0.1) is 0 Å². The molecule has 3 atom stereocenters. The van der Waals surface area contributed by atoms with E-state index in [1.165, 1.54) is 32.1 Å². The zero-order chi connectivity index (χ0) is 10.7. The monoisotopic (exact) mass is 210 g/mol. The highest BCUT2D eigenvalue weighted by atomic mass is 16.1. The second-order valence-corrected chi connectivity index (χ2v) is 5.18. The number of hydrogen-bond acceptors (Lipinski definition) is 2. The first-order valence-electron chi connectivity index (χ1n) is 6.27. The molecule has 2 rings (SSSR count). The molecule has 1 heterocycles. The van der Waals surface area contributed by atoms with E-state index in [-0.39, 0.29) is 5.91 Å². The van der Waals surface area contributed by atoms with Gasteiger partial charge in [-0.05, 0) is 25.2 Å². The van der Waals surface area contributed by atoms with Crippen molar-refractivity contribution in [2.75, 3.05) is 6.54 Å². The van der Waals surface area contributed by atoms with Crippen LogP contribution in [0.5, 0.6) is 0 Å². The van der Waals surface area contributed by atoms with Crippen molar-refractivity contribution in [2.24, 2.45) is 5.92 Å². The molecule has 0 radical (unpaired) electrons. The summed E-state index contributed by atoms with van der Waals surface area (Å²) < 4.78 is 0. The van der Waals surface area contributed by atoms with Crippen LogP contribution in [0.2, 0.25) is 0 Å². The van der Waals surface area contributed by atoms with E-state index >= 15 is 0 Å². The Morgan fingerprint density at radius 1 is 1.20 bits per heavy atom. The van der Waals surface area contributed by atoms with Crippen molar-refractivity contribution in [2.45, 2.75) is 57.5 Å². The van der Waals surface area contributed by atoms with Crippen molar-refractivity contribution >= 4 is 5.91 Å². The molecule has 1 aliphatic carbocycles. The minimum absolute atomic E-state index is 0.203. The van der Waals surface area contributed by atoms with E-state index in [2.05, 4.69) is 17.6 Å². The molecule has 1 aliphatic heterocycles. The highest BCUT2D eigenvalue weighted by Crippen LogP contribution is 2.23. The fraction of sp³-hybridized carbons (Fsp3) is 0.917. The highest BCUT2D eigenvalue weighted by molar-refractivity contribution is 5.78. The minimum Gasteiger partial charge on any atom is -0.354 e. The number of amides is 1. The molecule has 1 saturated heterocycles. The predicted molar refractivity (Wildman–Crippen MR) is 60.6 cm³/mol. The largest absolute Gasteiger partial charge is 0.354 e. The molecule has 15 heavy (non-hydrogen) atoms. The zero-order valence-corrected chi connectivity index (χ0v) is 9.59. The summed E-state index contributed by atoms with van der Waals surface area (Å²) in [6, 6.07) is 1.03. The average Bonchev–Trinajstić information content (AvgIpc) is 2.48. The molecule has 0 bridgehead atoms. The van der Waals surface area contributed by atoms with Crippen molar-refractivity contribution in [3.63, 3.8) is 0 Å². The number of hydrogen-bond donors (Lipinski definition) is 2. The van der Waals surface area contributed by atoms with Gasteiger partial charge in [0.1, 0.15) is 0 Å². The second-order valence-electron chi connectivity index (χ2n) is 5.18. The maximum absolute atomic E-state index is 11.1. The van der Waals surface area contributed by atoms with Crippen LogP contribution in [0.3, 0.4) is 0 Å². The van der Waals surface area contributed by atoms with Crippen LogP contribution in [0.1, 0.15) is 45.4 Å². The lowest BCUT2D eigenvalue weighted by atomic mass is 10.0. The van der Waals surface area contributed by atoms with Gasteiger partial charge in [-0.25, -0.2) is 0 Å². The Hall–Kier alpha value is -0.570. The molecule has 3 nitrogen and oxygen atoms in total. The summed E-state index contributed by atoms with van der Waals surface area (Å²) in [5, 5.41) is 6.51. The fourth-order valence-corrected chi connectivity index (χ4v) is 2.71. The van der Waals surface area contributed by atoms with Crippen LogP contribution in [0.25, 0.3) is 0 Å². The number of rotatable bonds is 2. The summed E-state index contributed by atoms with van der Waals surface area (Å²) in [5.41, 5.74) is 0. The SMILES string of the molecule is CC1CCCC(NC2CNC(=O)C2)CC1. The van der Waals surface area contributed by atoms with Gasteiger partial charge in [0.2, 0.25) is 5.91 Å². The topological polar surface area (TPSA) is 41.1 Å². The molecule has 2 N–H and O–H groups in total. The summed E-state index contributed by atoms with van der Waals surface area (Å²) >= 11 is 0. The fourth-order valence-electron chi connectivity index (χ4n) is 2.71. The van der Waals surface area contributed by atoms with Gasteiger partial charge in [-0.2, -0.15) is 0 Å². The predicted octanol–water partition coefficient (Wildman–Crippen LogP) is 1.43. The summed E-state index contributed by atoms with van der Waals surface area (Å²) in [6.07, 6.45) is 7.30. The summed E-state index contributed by atoms with van der Waals surface area (Å²) in [7, 11) is 0. The first kappa shape index (κ1) is 10.9. The van der Waals surface area contributed by atoms with E-state index in [1.54, 1.807) is 0 Å². The quantitative estimate of drug-likeness (QED) is 0.677. The van der Waals surface area contributed by atoms with E-state index in [0.717, 1.165) is 12.5 Å². The number of carbonyl (C=O) groups is 1. The van der Waals surface area contributed by atoms with Gasteiger partial charge >= 0.3 is 0 Å². The molecule has 2 fully saturated rings. The maximum Gasteiger partial charge on any atom is 0.221 e. The molecule has 0 aromatic rings. The van der Waals surface area contributed by atoms with Gasteiger partial charge in [0.15, 0.2) is 0 Å². The van der Waals surface area contributed by atoms with E-state index in [9.17, 15) is 4.79 Å². The second kappa shape index (κ2) is 4.97. The van der Waals surface area contributed by atoms with E-state index in [0.29, 0.717) is 18.5 Å². The number of carbonyl (C=O) groups excluding carboxylic acids is 1. The van der Waals surface area contributed by atoms with Crippen LogP contribution in [-0.2, 0) is 4.79 Å². The molecule has 86 valence electrons. The molecule has 1 saturated carbocycles. The average molecular weight is 210 g/mol. The van der Waals surface area contributed by atoms with Gasteiger partial charge in [-0.15, -0.1) is 0 Å². The van der Waals surface area contributed by atoms with Crippen LogP contribution in [0, 0.1) is 5.92 Å². The molecule has 0 aromatic heterocycles. The first-order chi connectivity index (χ1) is 7.24. The molecular formula is C12H22N2O. The molecule has 0 spiro atoms. The lowest BCUT2D eigenvalue weighted by Crippen LogP contribution is -2.39. The van der Waals surface area contributed by atoms with Crippen LogP contribution in [0.15, 0.2) is 0 Å². The van der Waals surface area contributed by atoms with Crippen molar-refractivity contribution in [1.29, 1.82) is 0 Å². The normalized spacial score (nSPS) is 37.4. The molecule has 3 heteroatoms.